The molecule has 1 rings (SSSR count). The fourth-order valence-electron chi connectivity index (χ4n) is 1.61. The summed E-state index contributed by atoms with van der Waals surface area (Å²) in [6.07, 6.45) is 0.452. The van der Waals surface area contributed by atoms with Gasteiger partial charge in [-0.05, 0) is 43.5 Å². The molecule has 0 saturated heterocycles. The fraction of sp³-hybridized carbons (Fsp3) is 0.562. The third-order valence-corrected chi connectivity index (χ3v) is 3.03. The standard InChI is InChI=1S/C16H26N2O2/c1-11(2)20-13-8-6-12(7-9-13)18-15(19)10-14(17)16(3,4)5/h6-9,11,14H,10,17H2,1-5H3,(H,18,19). The van der Waals surface area contributed by atoms with Gasteiger partial charge in [-0.15, -0.1) is 0 Å². The lowest BCUT2D eigenvalue weighted by Gasteiger charge is -2.26. The quantitative estimate of drug-likeness (QED) is 0.869. The maximum Gasteiger partial charge on any atom is 0.225 e. The van der Waals surface area contributed by atoms with Crippen LogP contribution < -0.4 is 15.8 Å². The van der Waals surface area contributed by atoms with Gasteiger partial charge in [0, 0.05) is 18.2 Å². The summed E-state index contributed by atoms with van der Waals surface area (Å²) in [7, 11) is 0. The predicted octanol–water partition coefficient (Wildman–Crippen LogP) is 3.18. The number of ether oxygens (including phenoxy) is 1. The highest BCUT2D eigenvalue weighted by Gasteiger charge is 2.23. The van der Waals surface area contributed by atoms with Crippen molar-refractivity contribution >= 4 is 11.6 Å². The number of amides is 1. The zero-order chi connectivity index (χ0) is 15.3. The van der Waals surface area contributed by atoms with Crippen molar-refractivity contribution in [3.63, 3.8) is 0 Å². The van der Waals surface area contributed by atoms with Crippen molar-refractivity contribution in [1.82, 2.24) is 0 Å². The molecule has 0 aliphatic heterocycles. The number of hydrogen-bond donors (Lipinski definition) is 2. The monoisotopic (exact) mass is 278 g/mol. The average molecular weight is 278 g/mol. The molecular weight excluding hydrogens is 252 g/mol. The predicted molar refractivity (Wildman–Crippen MR) is 82.9 cm³/mol. The van der Waals surface area contributed by atoms with E-state index in [1.807, 2.05) is 58.9 Å². The number of rotatable bonds is 5. The molecule has 0 radical (unpaired) electrons. The molecular formula is C16H26N2O2. The molecule has 112 valence electrons. The Bertz CT molecular complexity index is 433. The van der Waals surface area contributed by atoms with E-state index in [1.54, 1.807) is 0 Å². The van der Waals surface area contributed by atoms with Crippen LogP contribution in [0.5, 0.6) is 5.75 Å². The molecule has 3 N–H and O–H groups in total. The molecule has 1 aromatic rings. The van der Waals surface area contributed by atoms with Crippen LogP contribution in [0.1, 0.15) is 41.0 Å². The molecule has 4 heteroatoms. The highest BCUT2D eigenvalue weighted by Crippen LogP contribution is 2.21. The second-order valence-electron chi connectivity index (χ2n) is 6.42. The van der Waals surface area contributed by atoms with E-state index in [4.69, 9.17) is 10.5 Å². The number of carbonyl (C=O) groups excluding carboxylic acids is 1. The summed E-state index contributed by atoms with van der Waals surface area (Å²) in [5.74, 6) is 0.731. The zero-order valence-electron chi connectivity index (χ0n) is 13.1. The van der Waals surface area contributed by atoms with Crippen molar-refractivity contribution in [3.8, 4) is 5.75 Å². The minimum atomic E-state index is -0.161. The third-order valence-electron chi connectivity index (χ3n) is 3.03. The molecule has 0 saturated carbocycles. The Morgan fingerprint density at radius 2 is 1.80 bits per heavy atom. The van der Waals surface area contributed by atoms with Crippen molar-refractivity contribution in [3.05, 3.63) is 24.3 Å². The number of nitrogens with one attached hydrogen (secondary N) is 1. The van der Waals surface area contributed by atoms with Gasteiger partial charge in [0.15, 0.2) is 0 Å². The summed E-state index contributed by atoms with van der Waals surface area (Å²) in [5.41, 5.74) is 6.68. The molecule has 1 amide bonds. The summed E-state index contributed by atoms with van der Waals surface area (Å²) in [6.45, 7) is 10.0. The van der Waals surface area contributed by atoms with Crippen molar-refractivity contribution < 1.29 is 9.53 Å². The lowest BCUT2D eigenvalue weighted by atomic mass is 9.85. The summed E-state index contributed by atoms with van der Waals surface area (Å²) in [4.78, 5) is 11.9. The van der Waals surface area contributed by atoms with Crippen LogP contribution in [-0.4, -0.2) is 18.1 Å². The number of hydrogen-bond acceptors (Lipinski definition) is 3. The van der Waals surface area contributed by atoms with Crippen molar-refractivity contribution in [2.75, 3.05) is 5.32 Å². The van der Waals surface area contributed by atoms with Crippen LogP contribution in [0.15, 0.2) is 24.3 Å². The molecule has 4 nitrogen and oxygen atoms in total. The van der Waals surface area contributed by atoms with Crippen LogP contribution in [0.3, 0.4) is 0 Å². The molecule has 0 bridgehead atoms. The van der Waals surface area contributed by atoms with Gasteiger partial charge < -0.3 is 15.8 Å². The first-order valence-electron chi connectivity index (χ1n) is 7.00. The molecule has 1 aromatic carbocycles. The normalized spacial score (nSPS) is 13.2. The SMILES string of the molecule is CC(C)Oc1ccc(NC(=O)CC(N)C(C)(C)C)cc1. The van der Waals surface area contributed by atoms with E-state index in [9.17, 15) is 4.79 Å². The first-order valence-corrected chi connectivity index (χ1v) is 7.00. The smallest absolute Gasteiger partial charge is 0.225 e. The van der Waals surface area contributed by atoms with Gasteiger partial charge in [0.25, 0.3) is 0 Å². The van der Waals surface area contributed by atoms with Gasteiger partial charge in [0.1, 0.15) is 5.75 Å². The summed E-state index contributed by atoms with van der Waals surface area (Å²) < 4.78 is 5.55. The Balaban J connectivity index is 2.54. The minimum absolute atomic E-state index is 0.0649. The van der Waals surface area contributed by atoms with Gasteiger partial charge in [-0.25, -0.2) is 0 Å². The van der Waals surface area contributed by atoms with Crippen LogP contribution in [0.25, 0.3) is 0 Å². The van der Waals surface area contributed by atoms with E-state index in [1.165, 1.54) is 0 Å². The first kappa shape index (κ1) is 16.5. The number of carbonyl (C=O) groups is 1. The van der Waals surface area contributed by atoms with Gasteiger partial charge >= 0.3 is 0 Å². The van der Waals surface area contributed by atoms with E-state index < -0.39 is 0 Å². The molecule has 1 unspecified atom stereocenters. The lowest BCUT2D eigenvalue weighted by Crippen LogP contribution is -2.38. The topological polar surface area (TPSA) is 64.3 Å². The molecule has 0 aromatic heterocycles. The van der Waals surface area contributed by atoms with E-state index >= 15 is 0 Å². The minimum Gasteiger partial charge on any atom is -0.491 e. The fourth-order valence-corrected chi connectivity index (χ4v) is 1.61. The lowest BCUT2D eigenvalue weighted by molar-refractivity contribution is -0.117. The van der Waals surface area contributed by atoms with E-state index in [0.717, 1.165) is 11.4 Å². The second kappa shape index (κ2) is 6.75. The van der Waals surface area contributed by atoms with Crippen LogP contribution in [0, 0.1) is 5.41 Å². The Morgan fingerprint density at radius 3 is 2.25 bits per heavy atom. The Labute approximate surface area is 121 Å². The van der Waals surface area contributed by atoms with Gasteiger partial charge in [0.2, 0.25) is 5.91 Å². The van der Waals surface area contributed by atoms with Crippen LogP contribution in [-0.2, 0) is 4.79 Å². The van der Waals surface area contributed by atoms with Crippen LogP contribution in [0.4, 0.5) is 5.69 Å². The van der Waals surface area contributed by atoms with E-state index in [0.29, 0.717) is 6.42 Å². The Hall–Kier alpha value is -1.55. The molecule has 1 atom stereocenters. The highest BCUT2D eigenvalue weighted by atomic mass is 16.5. The molecule has 0 heterocycles. The Kier molecular flexibility index (Phi) is 5.57. The van der Waals surface area contributed by atoms with Crippen LogP contribution in [0.2, 0.25) is 0 Å². The van der Waals surface area contributed by atoms with E-state index in [2.05, 4.69) is 5.32 Å². The summed E-state index contributed by atoms with van der Waals surface area (Å²) in [6, 6.07) is 7.20. The van der Waals surface area contributed by atoms with Crippen molar-refractivity contribution in [2.24, 2.45) is 11.1 Å². The zero-order valence-corrected chi connectivity index (χ0v) is 13.1. The molecule has 0 aliphatic carbocycles. The Morgan fingerprint density at radius 1 is 1.25 bits per heavy atom. The molecule has 0 spiro atoms. The maximum atomic E-state index is 11.9. The van der Waals surface area contributed by atoms with Crippen molar-refractivity contribution in [1.29, 1.82) is 0 Å². The number of nitrogens with two attached hydrogens (primary N) is 1. The van der Waals surface area contributed by atoms with Gasteiger partial charge in [-0.1, -0.05) is 20.8 Å². The summed E-state index contributed by atoms with van der Waals surface area (Å²) in [5, 5.41) is 2.85. The third kappa shape index (κ3) is 5.61. The molecule has 0 aliphatic rings. The number of anilines is 1. The maximum absolute atomic E-state index is 11.9. The molecule has 0 fully saturated rings. The summed E-state index contributed by atoms with van der Waals surface area (Å²) >= 11 is 0. The first-order chi connectivity index (χ1) is 9.18. The average Bonchev–Trinajstić information content (AvgIpc) is 2.29. The van der Waals surface area contributed by atoms with Gasteiger partial charge in [0.05, 0.1) is 6.10 Å². The molecule has 20 heavy (non-hydrogen) atoms. The second-order valence-corrected chi connectivity index (χ2v) is 6.42. The van der Waals surface area contributed by atoms with Crippen LogP contribution >= 0.6 is 0 Å². The van der Waals surface area contributed by atoms with Gasteiger partial charge in [-0.3, -0.25) is 4.79 Å². The van der Waals surface area contributed by atoms with Crippen molar-refractivity contribution in [2.45, 2.75) is 53.2 Å². The highest BCUT2D eigenvalue weighted by molar-refractivity contribution is 5.91. The van der Waals surface area contributed by atoms with E-state index in [-0.39, 0.29) is 23.5 Å². The number of benzene rings is 1. The largest absolute Gasteiger partial charge is 0.491 e. The van der Waals surface area contributed by atoms with Gasteiger partial charge in [-0.2, -0.15) is 0 Å².